The number of hydrogen-bond acceptors (Lipinski definition) is 2. The van der Waals surface area contributed by atoms with E-state index >= 15 is 0 Å². The predicted molar refractivity (Wildman–Crippen MR) is 68.6 cm³/mol. The van der Waals surface area contributed by atoms with Crippen molar-refractivity contribution in [1.29, 1.82) is 0 Å². The molecule has 1 heterocycles. The Morgan fingerprint density at radius 1 is 1.39 bits per heavy atom. The maximum absolute atomic E-state index is 12.8. The van der Waals surface area contributed by atoms with Crippen molar-refractivity contribution in [3.05, 3.63) is 30.1 Å². The minimum absolute atomic E-state index is 0.119. The SMILES string of the molecule is CC1CCN(S(=O)(=O)c2ccc(F)cc2)C1CCl. The Morgan fingerprint density at radius 3 is 2.56 bits per heavy atom. The van der Waals surface area contributed by atoms with Crippen molar-refractivity contribution in [3.63, 3.8) is 0 Å². The lowest BCUT2D eigenvalue weighted by atomic mass is 10.1. The molecule has 0 bridgehead atoms. The molecule has 1 aliphatic heterocycles. The van der Waals surface area contributed by atoms with Gasteiger partial charge in [0.2, 0.25) is 10.0 Å². The number of benzene rings is 1. The molecule has 1 fully saturated rings. The van der Waals surface area contributed by atoms with Gasteiger partial charge in [-0.3, -0.25) is 0 Å². The van der Waals surface area contributed by atoms with Crippen LogP contribution in [-0.2, 0) is 10.0 Å². The van der Waals surface area contributed by atoms with Crippen LogP contribution < -0.4 is 0 Å². The number of rotatable bonds is 3. The Bertz CT molecular complexity index is 517. The maximum Gasteiger partial charge on any atom is 0.243 e. The molecule has 1 aromatic rings. The summed E-state index contributed by atoms with van der Waals surface area (Å²) >= 11 is 5.85. The van der Waals surface area contributed by atoms with E-state index in [1.54, 1.807) is 0 Å². The Kier molecular flexibility index (Phi) is 3.94. The summed E-state index contributed by atoms with van der Waals surface area (Å²) in [6, 6.07) is 4.71. The molecule has 0 amide bonds. The molecule has 1 aliphatic rings. The van der Waals surface area contributed by atoms with E-state index in [9.17, 15) is 12.8 Å². The molecule has 2 atom stereocenters. The molecule has 0 radical (unpaired) electrons. The Hall–Kier alpha value is -0.650. The van der Waals surface area contributed by atoms with Crippen LogP contribution in [0.3, 0.4) is 0 Å². The third-order valence-electron chi connectivity index (χ3n) is 3.41. The van der Waals surface area contributed by atoms with Gasteiger partial charge >= 0.3 is 0 Å². The standard InChI is InChI=1S/C12H15ClFNO2S/c1-9-6-7-15(12(9)8-13)18(16,17)11-4-2-10(14)3-5-11/h2-5,9,12H,6-8H2,1H3. The highest BCUT2D eigenvalue weighted by Crippen LogP contribution is 2.30. The first-order valence-electron chi connectivity index (χ1n) is 5.80. The molecular weight excluding hydrogens is 277 g/mol. The van der Waals surface area contributed by atoms with Gasteiger partial charge in [0.25, 0.3) is 0 Å². The smallest absolute Gasteiger partial charge is 0.207 e. The maximum atomic E-state index is 12.8. The summed E-state index contributed by atoms with van der Waals surface area (Å²) < 4.78 is 39.1. The first-order chi connectivity index (χ1) is 8.46. The van der Waals surface area contributed by atoms with E-state index in [4.69, 9.17) is 11.6 Å². The molecule has 0 saturated carbocycles. The monoisotopic (exact) mass is 291 g/mol. The molecule has 0 spiro atoms. The zero-order valence-corrected chi connectivity index (χ0v) is 11.6. The molecular formula is C12H15ClFNO2S. The number of hydrogen-bond donors (Lipinski definition) is 0. The fourth-order valence-electron chi connectivity index (χ4n) is 2.24. The van der Waals surface area contributed by atoms with Gasteiger partial charge in [0, 0.05) is 18.5 Å². The van der Waals surface area contributed by atoms with Gasteiger partial charge in [-0.2, -0.15) is 4.31 Å². The quantitative estimate of drug-likeness (QED) is 0.802. The van der Waals surface area contributed by atoms with E-state index < -0.39 is 15.8 Å². The first kappa shape index (κ1) is 13.8. The van der Waals surface area contributed by atoms with E-state index in [0.29, 0.717) is 6.54 Å². The second-order valence-electron chi connectivity index (χ2n) is 4.56. The highest BCUT2D eigenvalue weighted by Gasteiger charge is 2.38. The van der Waals surface area contributed by atoms with Crippen molar-refractivity contribution in [2.75, 3.05) is 12.4 Å². The van der Waals surface area contributed by atoms with Crippen LogP contribution in [-0.4, -0.2) is 31.2 Å². The molecule has 2 unspecified atom stereocenters. The van der Waals surface area contributed by atoms with Crippen LogP contribution in [0.25, 0.3) is 0 Å². The minimum atomic E-state index is -3.57. The summed E-state index contributed by atoms with van der Waals surface area (Å²) in [5.74, 6) is 0.0806. The van der Waals surface area contributed by atoms with Crippen LogP contribution in [0.1, 0.15) is 13.3 Å². The summed E-state index contributed by atoms with van der Waals surface area (Å²) in [6.45, 7) is 2.46. The van der Waals surface area contributed by atoms with Crippen LogP contribution >= 0.6 is 11.6 Å². The van der Waals surface area contributed by atoms with Gasteiger partial charge < -0.3 is 0 Å². The van der Waals surface area contributed by atoms with E-state index in [1.165, 1.54) is 16.4 Å². The third kappa shape index (κ3) is 2.39. The molecule has 18 heavy (non-hydrogen) atoms. The normalized spacial score (nSPS) is 25.5. The summed E-state index contributed by atoms with van der Waals surface area (Å²) in [5.41, 5.74) is 0. The molecule has 0 N–H and O–H groups in total. The predicted octanol–water partition coefficient (Wildman–Crippen LogP) is 2.46. The number of halogens is 2. The van der Waals surface area contributed by atoms with Gasteiger partial charge in [-0.05, 0) is 36.6 Å². The van der Waals surface area contributed by atoms with Gasteiger partial charge in [-0.25, -0.2) is 12.8 Å². The lowest BCUT2D eigenvalue weighted by Crippen LogP contribution is -2.38. The third-order valence-corrected chi connectivity index (χ3v) is 5.66. The average Bonchev–Trinajstić information content (AvgIpc) is 2.71. The highest BCUT2D eigenvalue weighted by molar-refractivity contribution is 7.89. The second-order valence-corrected chi connectivity index (χ2v) is 6.76. The van der Waals surface area contributed by atoms with Gasteiger partial charge in [-0.15, -0.1) is 11.6 Å². The first-order valence-corrected chi connectivity index (χ1v) is 7.77. The van der Waals surface area contributed by atoms with E-state index in [1.807, 2.05) is 6.92 Å². The summed E-state index contributed by atoms with van der Waals surface area (Å²) in [4.78, 5) is 0.119. The molecule has 1 aromatic carbocycles. The average molecular weight is 292 g/mol. The van der Waals surface area contributed by atoms with Crippen molar-refractivity contribution in [3.8, 4) is 0 Å². The number of alkyl halides is 1. The Morgan fingerprint density at radius 2 is 2.00 bits per heavy atom. The van der Waals surface area contributed by atoms with Crippen molar-refractivity contribution in [2.24, 2.45) is 5.92 Å². The fraction of sp³-hybridized carbons (Fsp3) is 0.500. The zero-order chi connectivity index (χ0) is 13.3. The van der Waals surface area contributed by atoms with Crippen LogP contribution in [0.2, 0.25) is 0 Å². The highest BCUT2D eigenvalue weighted by atomic mass is 35.5. The Balaban J connectivity index is 2.34. The zero-order valence-electron chi connectivity index (χ0n) is 10.0. The van der Waals surface area contributed by atoms with Crippen molar-refractivity contribution in [2.45, 2.75) is 24.3 Å². The van der Waals surface area contributed by atoms with Crippen LogP contribution in [0, 0.1) is 11.7 Å². The number of sulfonamides is 1. The molecule has 3 nitrogen and oxygen atoms in total. The van der Waals surface area contributed by atoms with Crippen LogP contribution in [0.15, 0.2) is 29.2 Å². The van der Waals surface area contributed by atoms with Gasteiger partial charge in [0.05, 0.1) is 4.90 Å². The van der Waals surface area contributed by atoms with E-state index in [0.717, 1.165) is 18.6 Å². The lowest BCUT2D eigenvalue weighted by molar-refractivity contribution is 0.375. The summed E-state index contributed by atoms with van der Waals surface area (Å²) in [7, 11) is -3.57. The van der Waals surface area contributed by atoms with Gasteiger partial charge in [0.1, 0.15) is 5.82 Å². The minimum Gasteiger partial charge on any atom is -0.207 e. The van der Waals surface area contributed by atoms with Crippen molar-refractivity contribution < 1.29 is 12.8 Å². The van der Waals surface area contributed by atoms with E-state index in [2.05, 4.69) is 0 Å². The second kappa shape index (κ2) is 5.15. The molecule has 0 aromatic heterocycles. The van der Waals surface area contributed by atoms with Crippen LogP contribution in [0.5, 0.6) is 0 Å². The summed E-state index contributed by atoms with van der Waals surface area (Å²) in [5, 5.41) is 0. The largest absolute Gasteiger partial charge is 0.243 e. The van der Waals surface area contributed by atoms with Gasteiger partial charge in [0.15, 0.2) is 0 Å². The molecule has 1 saturated heterocycles. The molecule has 100 valence electrons. The van der Waals surface area contributed by atoms with Gasteiger partial charge in [-0.1, -0.05) is 6.92 Å². The molecule has 6 heteroatoms. The number of nitrogens with zero attached hydrogens (tertiary/aromatic N) is 1. The van der Waals surface area contributed by atoms with Crippen LogP contribution in [0.4, 0.5) is 4.39 Å². The lowest BCUT2D eigenvalue weighted by Gasteiger charge is -2.24. The fourth-order valence-corrected chi connectivity index (χ4v) is 4.53. The van der Waals surface area contributed by atoms with Crippen molar-refractivity contribution in [1.82, 2.24) is 4.31 Å². The molecule has 0 aliphatic carbocycles. The summed E-state index contributed by atoms with van der Waals surface area (Å²) in [6.07, 6.45) is 0.803. The van der Waals surface area contributed by atoms with E-state index in [-0.39, 0.29) is 22.7 Å². The molecule has 2 rings (SSSR count). The topological polar surface area (TPSA) is 37.4 Å². The van der Waals surface area contributed by atoms with Crippen molar-refractivity contribution >= 4 is 21.6 Å². The Labute approximate surface area is 112 Å².